The van der Waals surface area contributed by atoms with E-state index in [9.17, 15) is 0 Å². The molecule has 0 aliphatic carbocycles. The van der Waals surface area contributed by atoms with E-state index in [1.165, 1.54) is 38.8 Å². The van der Waals surface area contributed by atoms with Crippen LogP contribution in [0.25, 0.3) is 10.9 Å². The van der Waals surface area contributed by atoms with Gasteiger partial charge in [-0.25, -0.2) is 0 Å². The van der Waals surface area contributed by atoms with Gasteiger partial charge >= 0.3 is 0 Å². The average Bonchev–Trinajstić information content (AvgIpc) is 2.89. The molecule has 1 unspecified atom stereocenters. The van der Waals surface area contributed by atoms with Crippen LogP contribution in [0.5, 0.6) is 0 Å². The summed E-state index contributed by atoms with van der Waals surface area (Å²) in [6, 6.07) is 8.92. The highest BCUT2D eigenvalue weighted by Crippen LogP contribution is 2.25. The number of rotatable bonds is 6. The van der Waals surface area contributed by atoms with Crippen molar-refractivity contribution in [2.75, 3.05) is 13.1 Å². The van der Waals surface area contributed by atoms with Crippen LogP contribution >= 0.6 is 11.6 Å². The second-order valence-electron chi connectivity index (χ2n) is 7.20. The first-order valence-electron chi connectivity index (χ1n) is 9.00. The third-order valence-corrected chi connectivity index (χ3v) is 5.22. The molecule has 23 heavy (non-hydrogen) atoms. The van der Waals surface area contributed by atoms with E-state index in [2.05, 4.69) is 46.7 Å². The summed E-state index contributed by atoms with van der Waals surface area (Å²) in [5, 5.41) is 6.24. The summed E-state index contributed by atoms with van der Waals surface area (Å²) in [6.45, 7) is 8.13. The normalized spacial score (nSPS) is 17.9. The van der Waals surface area contributed by atoms with Gasteiger partial charge in [0.1, 0.15) is 0 Å². The number of aromatic nitrogens is 2. The van der Waals surface area contributed by atoms with Crippen molar-refractivity contribution in [3.63, 3.8) is 0 Å². The number of benzene rings is 1. The molecule has 3 rings (SSSR count). The molecule has 2 aromatic rings. The van der Waals surface area contributed by atoms with Gasteiger partial charge in [0.15, 0.2) is 5.15 Å². The standard InChI is InChI=1S/C19H28ClN3/c1-15(2)14-16(22-11-6-3-7-12-22)10-13-23-18-9-5-4-8-17(18)19(20)21-23/h4-5,8-9,15-16H,3,6-7,10-14H2,1-2H3. The molecule has 0 bridgehead atoms. The average molecular weight is 334 g/mol. The van der Waals surface area contributed by atoms with Crippen molar-refractivity contribution in [2.45, 2.75) is 58.5 Å². The first kappa shape index (κ1) is 16.8. The van der Waals surface area contributed by atoms with Gasteiger partial charge in [-0.3, -0.25) is 4.68 Å². The number of para-hydroxylation sites is 1. The first-order valence-corrected chi connectivity index (χ1v) is 9.38. The molecule has 1 atom stereocenters. The maximum absolute atomic E-state index is 6.28. The van der Waals surface area contributed by atoms with Crippen LogP contribution in [0.1, 0.15) is 46.0 Å². The van der Waals surface area contributed by atoms with Crippen LogP contribution in [-0.2, 0) is 6.54 Å². The monoisotopic (exact) mass is 333 g/mol. The molecule has 4 heteroatoms. The Morgan fingerprint density at radius 1 is 1.13 bits per heavy atom. The van der Waals surface area contributed by atoms with Crippen LogP contribution in [0, 0.1) is 5.92 Å². The number of halogens is 1. The lowest BCUT2D eigenvalue weighted by Crippen LogP contribution is -2.40. The van der Waals surface area contributed by atoms with Crippen molar-refractivity contribution in [1.29, 1.82) is 0 Å². The van der Waals surface area contributed by atoms with Gasteiger partial charge in [0, 0.05) is 18.0 Å². The fourth-order valence-electron chi connectivity index (χ4n) is 3.81. The molecule has 0 N–H and O–H groups in total. The van der Waals surface area contributed by atoms with Crippen molar-refractivity contribution in [1.82, 2.24) is 14.7 Å². The Labute approximate surface area is 144 Å². The zero-order chi connectivity index (χ0) is 16.2. The summed E-state index contributed by atoms with van der Waals surface area (Å²) in [4.78, 5) is 2.71. The molecule has 2 heterocycles. The van der Waals surface area contributed by atoms with Gasteiger partial charge in [0.2, 0.25) is 0 Å². The topological polar surface area (TPSA) is 21.1 Å². The van der Waals surface area contributed by atoms with E-state index >= 15 is 0 Å². The summed E-state index contributed by atoms with van der Waals surface area (Å²) in [6.07, 6.45) is 6.52. The van der Waals surface area contributed by atoms with Gasteiger partial charge in [-0.1, -0.05) is 44.0 Å². The molecule has 0 radical (unpaired) electrons. The lowest BCUT2D eigenvalue weighted by molar-refractivity contribution is 0.133. The lowest BCUT2D eigenvalue weighted by atomic mass is 9.97. The predicted octanol–water partition coefficient (Wildman–Crippen LogP) is 4.98. The van der Waals surface area contributed by atoms with Crippen molar-refractivity contribution in [3.05, 3.63) is 29.4 Å². The molecular formula is C19H28ClN3. The number of aryl methyl sites for hydroxylation is 1. The van der Waals surface area contributed by atoms with Gasteiger partial charge in [0.05, 0.1) is 5.52 Å². The number of likely N-dealkylation sites (tertiary alicyclic amines) is 1. The Kier molecular flexibility index (Phi) is 5.60. The summed E-state index contributed by atoms with van der Waals surface area (Å²) in [5.41, 5.74) is 1.15. The van der Waals surface area contributed by atoms with Crippen LogP contribution in [-0.4, -0.2) is 33.8 Å². The predicted molar refractivity (Wildman–Crippen MR) is 98.0 cm³/mol. The fourth-order valence-corrected chi connectivity index (χ4v) is 4.06. The number of nitrogens with zero attached hydrogens (tertiary/aromatic N) is 3. The Bertz CT molecular complexity index is 629. The smallest absolute Gasteiger partial charge is 0.158 e. The van der Waals surface area contributed by atoms with Crippen LogP contribution < -0.4 is 0 Å². The summed E-state index contributed by atoms with van der Waals surface area (Å²) in [5.74, 6) is 0.736. The summed E-state index contributed by atoms with van der Waals surface area (Å²) >= 11 is 6.28. The quantitative estimate of drug-likeness (QED) is 0.743. The summed E-state index contributed by atoms with van der Waals surface area (Å²) < 4.78 is 2.09. The van der Waals surface area contributed by atoms with Crippen molar-refractivity contribution in [2.24, 2.45) is 5.92 Å². The minimum absolute atomic E-state index is 0.624. The Balaban J connectivity index is 1.71. The van der Waals surface area contributed by atoms with E-state index in [-0.39, 0.29) is 0 Å². The second kappa shape index (κ2) is 7.67. The third kappa shape index (κ3) is 4.07. The second-order valence-corrected chi connectivity index (χ2v) is 7.56. The van der Waals surface area contributed by atoms with Gasteiger partial charge in [0.25, 0.3) is 0 Å². The van der Waals surface area contributed by atoms with Gasteiger partial charge in [-0.05, 0) is 56.8 Å². The highest BCUT2D eigenvalue weighted by Gasteiger charge is 2.22. The third-order valence-electron chi connectivity index (χ3n) is 4.94. The molecule has 0 spiro atoms. The van der Waals surface area contributed by atoms with E-state index in [0.29, 0.717) is 11.2 Å². The van der Waals surface area contributed by atoms with Crippen molar-refractivity contribution in [3.8, 4) is 0 Å². The van der Waals surface area contributed by atoms with Crippen LogP contribution in [0.3, 0.4) is 0 Å². The molecule has 0 saturated carbocycles. The van der Waals surface area contributed by atoms with E-state index in [4.69, 9.17) is 11.6 Å². The number of hydrogen-bond donors (Lipinski definition) is 0. The van der Waals surface area contributed by atoms with E-state index in [1.807, 2.05) is 6.07 Å². The molecule has 0 amide bonds. The van der Waals surface area contributed by atoms with Crippen LogP contribution in [0.15, 0.2) is 24.3 Å². The molecule has 1 aromatic carbocycles. The van der Waals surface area contributed by atoms with Crippen LogP contribution in [0.2, 0.25) is 5.15 Å². The number of piperidine rings is 1. The van der Waals surface area contributed by atoms with Crippen LogP contribution in [0.4, 0.5) is 0 Å². The molecule has 1 saturated heterocycles. The van der Waals surface area contributed by atoms with E-state index in [1.54, 1.807) is 0 Å². The largest absolute Gasteiger partial charge is 0.300 e. The van der Waals surface area contributed by atoms with E-state index < -0.39 is 0 Å². The lowest BCUT2D eigenvalue weighted by Gasteiger charge is -2.35. The minimum Gasteiger partial charge on any atom is -0.300 e. The maximum atomic E-state index is 6.28. The molecule has 126 valence electrons. The van der Waals surface area contributed by atoms with Crippen molar-refractivity contribution < 1.29 is 0 Å². The Morgan fingerprint density at radius 2 is 1.87 bits per heavy atom. The first-order chi connectivity index (χ1) is 11.1. The molecule has 1 fully saturated rings. The summed E-state index contributed by atoms with van der Waals surface area (Å²) in [7, 11) is 0. The molecule has 1 aliphatic heterocycles. The molecule has 1 aliphatic rings. The Hall–Kier alpha value is -1.06. The highest BCUT2D eigenvalue weighted by molar-refractivity contribution is 6.34. The highest BCUT2D eigenvalue weighted by atomic mass is 35.5. The van der Waals surface area contributed by atoms with Crippen molar-refractivity contribution >= 4 is 22.5 Å². The molecule has 1 aromatic heterocycles. The van der Waals surface area contributed by atoms with E-state index in [0.717, 1.165) is 29.8 Å². The fraction of sp³-hybridized carbons (Fsp3) is 0.632. The zero-order valence-electron chi connectivity index (χ0n) is 14.3. The SMILES string of the molecule is CC(C)CC(CCn1nc(Cl)c2ccccc21)N1CCCCC1. The Morgan fingerprint density at radius 3 is 2.61 bits per heavy atom. The van der Waals surface area contributed by atoms with Gasteiger partial charge in [-0.15, -0.1) is 0 Å². The minimum atomic E-state index is 0.624. The molecule has 3 nitrogen and oxygen atoms in total. The number of hydrogen-bond acceptors (Lipinski definition) is 2. The zero-order valence-corrected chi connectivity index (χ0v) is 15.1. The molecular weight excluding hydrogens is 306 g/mol. The maximum Gasteiger partial charge on any atom is 0.158 e. The van der Waals surface area contributed by atoms with Gasteiger partial charge in [-0.2, -0.15) is 5.10 Å². The van der Waals surface area contributed by atoms with Gasteiger partial charge < -0.3 is 4.90 Å². The number of fused-ring (bicyclic) bond motifs is 1.